The molecule has 0 aromatic heterocycles. The zero-order chi connectivity index (χ0) is 16.2. The van der Waals surface area contributed by atoms with Crippen LogP contribution in [0.1, 0.15) is 49.9 Å². The number of quaternary nitrogens is 1. The summed E-state index contributed by atoms with van der Waals surface area (Å²) in [7, 11) is 0. The molecule has 0 radical (unpaired) electrons. The van der Waals surface area contributed by atoms with E-state index in [1.165, 1.54) is 11.1 Å². The molecule has 23 heavy (non-hydrogen) atoms. The molecule has 0 bridgehead atoms. The lowest BCUT2D eigenvalue weighted by molar-refractivity contribution is -0.749. The largest absolute Gasteiger partial charge is 0.333 e. The standard InChI is InChI=1S/C21H25NO/c1-3-17-19(15-11-7-5-8-12-15)22-20(18(4-2)21(17)23)16-13-9-6-10-14-16/h5-14,17-20,22H,3-4H2,1-2H3/p+1/t17-,18-,19+,20+/m0/s1. The number of hydrogen-bond acceptors (Lipinski definition) is 1. The summed E-state index contributed by atoms with van der Waals surface area (Å²) in [6.07, 6.45) is 1.82. The third-order valence-electron chi connectivity index (χ3n) is 5.26. The van der Waals surface area contributed by atoms with Crippen LogP contribution < -0.4 is 5.32 Å². The number of carbonyl (C=O) groups is 1. The van der Waals surface area contributed by atoms with Gasteiger partial charge in [-0.2, -0.15) is 0 Å². The van der Waals surface area contributed by atoms with Crippen LogP contribution in [0.2, 0.25) is 0 Å². The van der Waals surface area contributed by atoms with Gasteiger partial charge in [-0.1, -0.05) is 74.5 Å². The lowest BCUT2D eigenvalue weighted by Crippen LogP contribution is -2.91. The van der Waals surface area contributed by atoms with Crippen LogP contribution in [0, 0.1) is 11.8 Å². The molecule has 1 aliphatic rings. The van der Waals surface area contributed by atoms with Crippen molar-refractivity contribution < 1.29 is 10.1 Å². The molecule has 2 N–H and O–H groups in total. The SMILES string of the molecule is CC[C@@H]1C(=O)[C@@H](CC)[C@@H](c2ccccc2)[NH2+][C@@H]1c1ccccc1. The van der Waals surface area contributed by atoms with E-state index < -0.39 is 0 Å². The number of carbonyl (C=O) groups excluding carboxylic acids is 1. The fraction of sp³-hybridized carbons (Fsp3) is 0.381. The number of nitrogens with two attached hydrogens (primary N) is 1. The van der Waals surface area contributed by atoms with E-state index in [1.54, 1.807) is 0 Å². The molecule has 120 valence electrons. The van der Waals surface area contributed by atoms with Crippen LogP contribution in [-0.4, -0.2) is 5.78 Å². The number of benzene rings is 2. The summed E-state index contributed by atoms with van der Waals surface area (Å²) < 4.78 is 0. The second-order valence-corrected chi connectivity index (χ2v) is 6.50. The molecule has 2 heteroatoms. The van der Waals surface area contributed by atoms with Gasteiger partial charge in [-0.3, -0.25) is 4.79 Å². The number of hydrogen-bond donors (Lipinski definition) is 1. The van der Waals surface area contributed by atoms with Gasteiger partial charge in [-0.15, -0.1) is 0 Å². The first-order valence-electron chi connectivity index (χ1n) is 8.74. The van der Waals surface area contributed by atoms with E-state index in [0.29, 0.717) is 5.78 Å². The molecule has 0 saturated carbocycles. The quantitative estimate of drug-likeness (QED) is 0.918. The first kappa shape index (κ1) is 15.9. The van der Waals surface area contributed by atoms with Gasteiger partial charge in [-0.05, 0) is 12.8 Å². The smallest absolute Gasteiger partial charge is 0.151 e. The van der Waals surface area contributed by atoms with E-state index in [1.807, 2.05) is 12.1 Å². The average molecular weight is 308 g/mol. The highest BCUT2D eigenvalue weighted by molar-refractivity contribution is 5.85. The van der Waals surface area contributed by atoms with Gasteiger partial charge in [0.1, 0.15) is 12.1 Å². The van der Waals surface area contributed by atoms with Gasteiger partial charge in [-0.25, -0.2) is 0 Å². The van der Waals surface area contributed by atoms with Crippen molar-refractivity contribution in [1.82, 2.24) is 0 Å². The third-order valence-corrected chi connectivity index (χ3v) is 5.26. The van der Waals surface area contributed by atoms with Gasteiger partial charge in [0.2, 0.25) is 0 Å². The maximum absolute atomic E-state index is 13.1. The summed E-state index contributed by atoms with van der Waals surface area (Å²) >= 11 is 0. The van der Waals surface area contributed by atoms with Crippen molar-refractivity contribution in [3.05, 3.63) is 71.8 Å². The van der Waals surface area contributed by atoms with Gasteiger partial charge >= 0.3 is 0 Å². The lowest BCUT2D eigenvalue weighted by Gasteiger charge is -2.38. The summed E-state index contributed by atoms with van der Waals surface area (Å²) in [5, 5.41) is 2.44. The third kappa shape index (κ3) is 3.09. The molecule has 2 nitrogen and oxygen atoms in total. The number of Topliss-reactive ketones (excluding diaryl/α,β-unsaturated/α-hetero) is 1. The zero-order valence-electron chi connectivity index (χ0n) is 14.0. The molecular weight excluding hydrogens is 282 g/mol. The zero-order valence-corrected chi connectivity index (χ0v) is 14.0. The highest BCUT2D eigenvalue weighted by Gasteiger charge is 2.46. The van der Waals surface area contributed by atoms with E-state index >= 15 is 0 Å². The van der Waals surface area contributed by atoms with Crippen LogP contribution in [-0.2, 0) is 4.79 Å². The molecule has 1 fully saturated rings. The minimum absolute atomic E-state index is 0.113. The van der Waals surface area contributed by atoms with Crippen molar-refractivity contribution in [1.29, 1.82) is 0 Å². The summed E-state index contributed by atoms with van der Waals surface area (Å²) in [6.45, 7) is 4.28. The molecule has 1 saturated heterocycles. The van der Waals surface area contributed by atoms with E-state index in [9.17, 15) is 4.79 Å². The van der Waals surface area contributed by atoms with E-state index in [0.717, 1.165) is 12.8 Å². The summed E-state index contributed by atoms with van der Waals surface area (Å²) in [4.78, 5) is 13.1. The van der Waals surface area contributed by atoms with Crippen LogP contribution in [0.25, 0.3) is 0 Å². The van der Waals surface area contributed by atoms with Crippen molar-refractivity contribution >= 4 is 5.78 Å². The Balaban J connectivity index is 1.99. The predicted molar refractivity (Wildman–Crippen MR) is 92.9 cm³/mol. The maximum Gasteiger partial charge on any atom is 0.151 e. The first-order valence-corrected chi connectivity index (χ1v) is 8.74. The maximum atomic E-state index is 13.1. The molecule has 4 atom stereocenters. The van der Waals surface area contributed by atoms with Gasteiger partial charge in [0.25, 0.3) is 0 Å². The molecule has 1 heterocycles. The molecule has 0 aliphatic carbocycles. The van der Waals surface area contributed by atoms with Crippen LogP contribution in [0.15, 0.2) is 60.7 Å². The second kappa shape index (κ2) is 7.10. The summed E-state index contributed by atoms with van der Waals surface area (Å²) in [5.41, 5.74) is 2.53. The van der Waals surface area contributed by atoms with Crippen molar-refractivity contribution in [3.8, 4) is 0 Å². The number of ketones is 1. The molecule has 3 rings (SSSR count). The lowest BCUT2D eigenvalue weighted by atomic mass is 9.73. The van der Waals surface area contributed by atoms with Crippen molar-refractivity contribution in [3.63, 3.8) is 0 Å². The molecule has 2 aromatic carbocycles. The Hall–Kier alpha value is -1.93. The van der Waals surface area contributed by atoms with Crippen LogP contribution in [0.4, 0.5) is 0 Å². The Bertz CT molecular complexity index is 582. The van der Waals surface area contributed by atoms with Gasteiger partial charge in [0.05, 0.1) is 11.8 Å². The summed E-state index contributed by atoms with van der Waals surface area (Å²) in [5.74, 6) is 0.671. The molecule has 0 amide bonds. The van der Waals surface area contributed by atoms with Crippen molar-refractivity contribution in [2.24, 2.45) is 11.8 Å². The number of rotatable bonds is 4. The monoisotopic (exact) mass is 308 g/mol. The predicted octanol–water partition coefficient (Wildman–Crippen LogP) is 3.67. The van der Waals surface area contributed by atoms with E-state index in [-0.39, 0.29) is 23.9 Å². The average Bonchev–Trinajstić information content (AvgIpc) is 2.62. The fourth-order valence-electron chi connectivity index (χ4n) is 4.07. The second-order valence-electron chi connectivity index (χ2n) is 6.50. The molecule has 0 spiro atoms. The topological polar surface area (TPSA) is 33.7 Å². The molecular formula is C21H26NO+. The minimum atomic E-state index is 0.113. The van der Waals surface area contributed by atoms with Gasteiger partial charge in [0.15, 0.2) is 5.78 Å². The molecule has 1 aliphatic heterocycles. The Morgan fingerprint density at radius 3 is 1.48 bits per heavy atom. The van der Waals surface area contributed by atoms with Crippen molar-refractivity contribution in [2.75, 3.05) is 0 Å². The Labute approximate surface area is 138 Å². The van der Waals surface area contributed by atoms with Crippen LogP contribution >= 0.6 is 0 Å². The van der Waals surface area contributed by atoms with Gasteiger partial charge < -0.3 is 5.32 Å². The molecule has 2 aromatic rings. The summed E-state index contributed by atoms with van der Waals surface area (Å²) in [6, 6.07) is 21.5. The highest BCUT2D eigenvalue weighted by atomic mass is 16.1. The van der Waals surface area contributed by atoms with Crippen LogP contribution in [0.5, 0.6) is 0 Å². The van der Waals surface area contributed by atoms with E-state index in [2.05, 4.69) is 67.7 Å². The first-order chi connectivity index (χ1) is 11.3. The Morgan fingerprint density at radius 1 is 0.739 bits per heavy atom. The number of piperidine rings is 1. The van der Waals surface area contributed by atoms with Crippen LogP contribution in [0.3, 0.4) is 0 Å². The highest BCUT2D eigenvalue weighted by Crippen LogP contribution is 2.35. The minimum Gasteiger partial charge on any atom is -0.333 e. The normalized spacial score (nSPS) is 27.8. The molecule has 0 unspecified atom stereocenters. The fourth-order valence-corrected chi connectivity index (χ4v) is 4.07. The Morgan fingerprint density at radius 2 is 1.13 bits per heavy atom. The van der Waals surface area contributed by atoms with Gasteiger partial charge in [0, 0.05) is 11.1 Å². The van der Waals surface area contributed by atoms with E-state index in [4.69, 9.17) is 0 Å². The Kier molecular flexibility index (Phi) is 4.92. The van der Waals surface area contributed by atoms with Crippen molar-refractivity contribution in [2.45, 2.75) is 38.8 Å².